The van der Waals surface area contributed by atoms with Crippen LogP contribution in [0.3, 0.4) is 0 Å². The van der Waals surface area contributed by atoms with Crippen LogP contribution in [0, 0.1) is 5.92 Å². The summed E-state index contributed by atoms with van der Waals surface area (Å²) in [6.07, 6.45) is 1.03. The van der Waals surface area contributed by atoms with Gasteiger partial charge in [0.25, 0.3) is 0 Å². The minimum atomic E-state index is -1.06. The Morgan fingerprint density at radius 1 is 1.33 bits per heavy atom. The second-order valence-corrected chi connectivity index (χ2v) is 2.51. The predicted molar refractivity (Wildman–Crippen MR) is 32.7 cm³/mol. The molecule has 9 heavy (non-hydrogen) atoms. The lowest BCUT2D eigenvalue weighted by Crippen LogP contribution is -2.19. The van der Waals surface area contributed by atoms with Crippen molar-refractivity contribution >= 4 is 0 Å². The fourth-order valence-corrected chi connectivity index (χ4v) is 0.925. The number of allylic oxidation sites excluding steroid dienone is 2. The lowest BCUT2D eigenvalue weighted by atomic mass is 9.95. The average Bonchev–Trinajstić information content (AvgIpc) is 1.80. The number of alkyl halides is 2. The first-order chi connectivity index (χ1) is 4.20. The molecule has 1 rings (SSSR count). The maximum Gasteiger partial charge on any atom is 0.121 e. The van der Waals surface area contributed by atoms with Crippen molar-refractivity contribution in [1.82, 2.24) is 0 Å². The van der Waals surface area contributed by atoms with E-state index in [1.54, 1.807) is 13.0 Å². The third kappa shape index (κ3) is 1.50. The van der Waals surface area contributed by atoms with Gasteiger partial charge in [-0.05, 0) is 0 Å². The SMILES string of the molecule is CC1C=CC(F)CC1F. The Labute approximate surface area is 53.6 Å². The molecule has 0 aromatic rings. The van der Waals surface area contributed by atoms with Crippen LogP contribution < -0.4 is 0 Å². The van der Waals surface area contributed by atoms with Crippen LogP contribution in [0.1, 0.15) is 13.3 Å². The van der Waals surface area contributed by atoms with Crippen LogP contribution in [-0.4, -0.2) is 12.3 Å². The van der Waals surface area contributed by atoms with E-state index in [9.17, 15) is 8.78 Å². The normalized spacial score (nSPS) is 43.2. The average molecular weight is 132 g/mol. The van der Waals surface area contributed by atoms with Crippen molar-refractivity contribution in [3.63, 3.8) is 0 Å². The molecular formula is C7H10F2. The molecule has 0 radical (unpaired) electrons. The van der Waals surface area contributed by atoms with Gasteiger partial charge in [0, 0.05) is 12.3 Å². The minimum Gasteiger partial charge on any atom is -0.247 e. The van der Waals surface area contributed by atoms with E-state index in [4.69, 9.17) is 0 Å². The highest BCUT2D eigenvalue weighted by molar-refractivity contribution is 5.00. The van der Waals surface area contributed by atoms with E-state index in [0.717, 1.165) is 0 Å². The van der Waals surface area contributed by atoms with Crippen LogP contribution in [0.25, 0.3) is 0 Å². The number of hydrogen-bond acceptors (Lipinski definition) is 0. The van der Waals surface area contributed by atoms with Crippen LogP contribution in [0.4, 0.5) is 8.78 Å². The quantitative estimate of drug-likeness (QED) is 0.443. The van der Waals surface area contributed by atoms with Gasteiger partial charge in [-0.15, -0.1) is 0 Å². The van der Waals surface area contributed by atoms with Gasteiger partial charge in [0.15, 0.2) is 0 Å². The van der Waals surface area contributed by atoms with Crippen LogP contribution in [0.2, 0.25) is 0 Å². The molecule has 3 atom stereocenters. The smallest absolute Gasteiger partial charge is 0.121 e. The summed E-state index contributed by atoms with van der Waals surface area (Å²) in [6, 6.07) is 0. The van der Waals surface area contributed by atoms with Crippen molar-refractivity contribution in [2.45, 2.75) is 25.7 Å². The highest BCUT2D eigenvalue weighted by Crippen LogP contribution is 2.22. The molecule has 0 aromatic carbocycles. The zero-order valence-electron chi connectivity index (χ0n) is 5.35. The fourth-order valence-electron chi connectivity index (χ4n) is 0.925. The van der Waals surface area contributed by atoms with E-state index < -0.39 is 12.3 Å². The summed E-state index contributed by atoms with van der Waals surface area (Å²) in [5.41, 5.74) is 0. The summed E-state index contributed by atoms with van der Waals surface area (Å²) in [7, 11) is 0. The molecule has 3 unspecified atom stereocenters. The van der Waals surface area contributed by atoms with Crippen LogP contribution in [0.5, 0.6) is 0 Å². The van der Waals surface area contributed by atoms with Gasteiger partial charge < -0.3 is 0 Å². The third-order valence-electron chi connectivity index (χ3n) is 1.64. The van der Waals surface area contributed by atoms with E-state index in [2.05, 4.69) is 0 Å². The van der Waals surface area contributed by atoms with Crippen molar-refractivity contribution in [3.8, 4) is 0 Å². The molecule has 0 nitrogen and oxygen atoms in total. The van der Waals surface area contributed by atoms with Crippen molar-refractivity contribution in [1.29, 1.82) is 0 Å². The zero-order valence-corrected chi connectivity index (χ0v) is 5.35. The lowest BCUT2D eigenvalue weighted by Gasteiger charge is -2.18. The molecule has 1 aliphatic carbocycles. The maximum atomic E-state index is 12.5. The molecule has 1 aliphatic rings. The van der Waals surface area contributed by atoms with E-state index in [1.807, 2.05) is 0 Å². The fraction of sp³-hybridized carbons (Fsp3) is 0.714. The molecule has 0 N–H and O–H groups in total. The number of halogens is 2. The molecule has 0 saturated heterocycles. The largest absolute Gasteiger partial charge is 0.247 e. The molecule has 0 spiro atoms. The second-order valence-electron chi connectivity index (χ2n) is 2.51. The first kappa shape index (κ1) is 6.72. The van der Waals surface area contributed by atoms with Gasteiger partial charge >= 0.3 is 0 Å². The summed E-state index contributed by atoms with van der Waals surface area (Å²) in [5, 5.41) is 0. The summed E-state index contributed by atoms with van der Waals surface area (Å²) >= 11 is 0. The number of hydrogen-bond donors (Lipinski definition) is 0. The zero-order chi connectivity index (χ0) is 6.85. The molecule has 0 fully saturated rings. The van der Waals surface area contributed by atoms with Gasteiger partial charge in [-0.1, -0.05) is 19.1 Å². The van der Waals surface area contributed by atoms with Gasteiger partial charge in [-0.25, -0.2) is 8.78 Å². The molecule has 0 amide bonds. The van der Waals surface area contributed by atoms with Crippen LogP contribution in [0.15, 0.2) is 12.2 Å². The Balaban J connectivity index is 2.54. The summed E-state index contributed by atoms with van der Waals surface area (Å²) in [4.78, 5) is 0. The number of rotatable bonds is 0. The van der Waals surface area contributed by atoms with E-state index >= 15 is 0 Å². The van der Waals surface area contributed by atoms with Crippen molar-refractivity contribution in [3.05, 3.63) is 12.2 Å². The Morgan fingerprint density at radius 2 is 2.00 bits per heavy atom. The monoisotopic (exact) mass is 132 g/mol. The first-order valence-corrected chi connectivity index (χ1v) is 3.16. The Kier molecular flexibility index (Phi) is 1.84. The van der Waals surface area contributed by atoms with E-state index in [0.29, 0.717) is 0 Å². The molecular weight excluding hydrogens is 122 g/mol. The topological polar surface area (TPSA) is 0 Å². The van der Waals surface area contributed by atoms with Gasteiger partial charge in [-0.3, -0.25) is 0 Å². The molecule has 0 heterocycles. The van der Waals surface area contributed by atoms with E-state index in [-0.39, 0.29) is 12.3 Å². The van der Waals surface area contributed by atoms with Gasteiger partial charge in [0.2, 0.25) is 0 Å². The molecule has 0 aliphatic heterocycles. The minimum absolute atomic E-state index is 0.0394. The third-order valence-corrected chi connectivity index (χ3v) is 1.64. The highest BCUT2D eigenvalue weighted by Gasteiger charge is 2.21. The summed E-state index contributed by atoms with van der Waals surface area (Å²) in [5.74, 6) is -0.100. The van der Waals surface area contributed by atoms with Crippen LogP contribution in [-0.2, 0) is 0 Å². The Bertz CT molecular complexity index is 120. The molecule has 0 aromatic heterocycles. The molecule has 0 saturated carbocycles. The molecule has 2 heteroatoms. The first-order valence-electron chi connectivity index (χ1n) is 3.16. The van der Waals surface area contributed by atoms with Gasteiger partial charge in [0.05, 0.1) is 0 Å². The van der Waals surface area contributed by atoms with Crippen molar-refractivity contribution in [2.24, 2.45) is 5.92 Å². The van der Waals surface area contributed by atoms with Crippen molar-refractivity contribution in [2.75, 3.05) is 0 Å². The van der Waals surface area contributed by atoms with Crippen molar-refractivity contribution < 1.29 is 8.78 Å². The van der Waals surface area contributed by atoms with Gasteiger partial charge in [0.1, 0.15) is 12.3 Å². The van der Waals surface area contributed by atoms with E-state index in [1.165, 1.54) is 6.08 Å². The summed E-state index contributed by atoms with van der Waals surface area (Å²) in [6.45, 7) is 1.76. The maximum absolute atomic E-state index is 12.5. The highest BCUT2D eigenvalue weighted by atomic mass is 19.1. The predicted octanol–water partition coefficient (Wildman–Crippen LogP) is 2.26. The van der Waals surface area contributed by atoms with Gasteiger partial charge in [-0.2, -0.15) is 0 Å². The second kappa shape index (κ2) is 2.46. The van der Waals surface area contributed by atoms with Crippen LogP contribution >= 0.6 is 0 Å². The molecule has 52 valence electrons. The summed E-state index contributed by atoms with van der Waals surface area (Å²) < 4.78 is 24.8. The lowest BCUT2D eigenvalue weighted by molar-refractivity contribution is 0.197. The molecule has 0 bridgehead atoms. The Morgan fingerprint density at radius 3 is 2.44 bits per heavy atom. The standard InChI is InChI=1S/C7H10F2/c1-5-2-3-6(8)4-7(5)9/h2-3,5-7H,4H2,1H3. The Hall–Kier alpha value is -0.400.